The lowest BCUT2D eigenvalue weighted by atomic mass is 9.94. The molecule has 2 atom stereocenters. The predicted octanol–water partition coefficient (Wildman–Crippen LogP) is 1.74. The van der Waals surface area contributed by atoms with Crippen LogP contribution in [0.2, 0.25) is 0 Å². The van der Waals surface area contributed by atoms with E-state index in [0.29, 0.717) is 12.0 Å². The van der Waals surface area contributed by atoms with Gasteiger partial charge in [-0.15, -0.1) is 0 Å². The Morgan fingerprint density at radius 1 is 1.36 bits per heavy atom. The van der Waals surface area contributed by atoms with Crippen molar-refractivity contribution in [2.75, 3.05) is 18.1 Å². The summed E-state index contributed by atoms with van der Waals surface area (Å²) in [6.45, 7) is 1.45. The summed E-state index contributed by atoms with van der Waals surface area (Å²) in [5, 5.41) is 9.43. The summed E-state index contributed by atoms with van der Waals surface area (Å²) in [7, 11) is 0. The van der Waals surface area contributed by atoms with Gasteiger partial charge in [0.15, 0.2) is 0 Å². The third-order valence-corrected chi connectivity index (χ3v) is 3.61. The average molecular weight is 189 g/mol. The second-order valence-corrected chi connectivity index (χ2v) is 4.25. The van der Waals surface area contributed by atoms with Crippen molar-refractivity contribution >= 4 is 5.69 Å². The van der Waals surface area contributed by atoms with Gasteiger partial charge in [-0.25, -0.2) is 0 Å². The Morgan fingerprint density at radius 3 is 3.07 bits per heavy atom. The zero-order chi connectivity index (χ0) is 9.54. The molecule has 1 fully saturated rings. The lowest BCUT2D eigenvalue weighted by Gasteiger charge is -2.21. The second kappa shape index (κ2) is 2.99. The number of anilines is 1. The fourth-order valence-corrected chi connectivity index (χ4v) is 3.00. The first-order valence-corrected chi connectivity index (χ1v) is 5.38. The molecule has 0 unspecified atom stereocenters. The number of aliphatic hydroxyl groups excluding tert-OH is 1. The van der Waals surface area contributed by atoms with Crippen LogP contribution in [0.3, 0.4) is 0 Å². The molecule has 1 saturated heterocycles. The van der Waals surface area contributed by atoms with Crippen LogP contribution in [0.25, 0.3) is 0 Å². The van der Waals surface area contributed by atoms with E-state index in [0.717, 1.165) is 6.54 Å². The smallest absolute Gasteiger partial charge is 0.0520 e. The Hall–Kier alpha value is -1.02. The highest BCUT2D eigenvalue weighted by atomic mass is 16.3. The van der Waals surface area contributed by atoms with Gasteiger partial charge in [-0.05, 0) is 24.5 Å². The topological polar surface area (TPSA) is 23.5 Å². The number of benzene rings is 1. The van der Waals surface area contributed by atoms with Crippen LogP contribution in [0, 0.1) is 0 Å². The molecule has 3 rings (SSSR count). The minimum absolute atomic E-state index is 0.290. The Bertz CT molecular complexity index is 335. The third kappa shape index (κ3) is 0.947. The monoisotopic (exact) mass is 189 g/mol. The quantitative estimate of drug-likeness (QED) is 0.727. The van der Waals surface area contributed by atoms with Crippen LogP contribution >= 0.6 is 0 Å². The van der Waals surface area contributed by atoms with E-state index in [1.54, 1.807) is 0 Å². The SMILES string of the molecule is OC[C@@H]1c2ccccc2N2CCC[C@H]12. The van der Waals surface area contributed by atoms with Crippen molar-refractivity contribution in [3.05, 3.63) is 29.8 Å². The molecule has 2 heteroatoms. The third-order valence-electron chi connectivity index (χ3n) is 3.61. The van der Waals surface area contributed by atoms with E-state index >= 15 is 0 Å². The first-order valence-electron chi connectivity index (χ1n) is 5.38. The maximum atomic E-state index is 9.43. The number of hydrogen-bond donors (Lipinski definition) is 1. The fourth-order valence-electron chi connectivity index (χ4n) is 3.00. The molecule has 0 aromatic heterocycles. The molecule has 0 radical (unpaired) electrons. The van der Waals surface area contributed by atoms with Gasteiger partial charge in [0.25, 0.3) is 0 Å². The molecule has 2 nitrogen and oxygen atoms in total. The van der Waals surface area contributed by atoms with Gasteiger partial charge in [-0.1, -0.05) is 18.2 Å². The standard InChI is InChI=1S/C12H15NO/c14-8-10-9-4-1-2-5-11(9)13-7-3-6-12(10)13/h1-2,4-5,10,12,14H,3,6-8H2/t10-,12-/m1/s1. The van der Waals surface area contributed by atoms with Gasteiger partial charge in [0, 0.05) is 24.2 Å². The van der Waals surface area contributed by atoms with E-state index in [9.17, 15) is 5.11 Å². The molecule has 14 heavy (non-hydrogen) atoms. The number of para-hydroxylation sites is 1. The average Bonchev–Trinajstić information content (AvgIpc) is 2.77. The second-order valence-electron chi connectivity index (χ2n) is 4.25. The van der Waals surface area contributed by atoms with Crippen molar-refractivity contribution in [1.82, 2.24) is 0 Å². The van der Waals surface area contributed by atoms with E-state index < -0.39 is 0 Å². The van der Waals surface area contributed by atoms with E-state index in [1.165, 1.54) is 24.1 Å². The first kappa shape index (κ1) is 8.30. The minimum atomic E-state index is 0.290. The molecule has 2 aliphatic rings. The molecule has 0 bridgehead atoms. The molecule has 1 aromatic carbocycles. The highest BCUT2D eigenvalue weighted by Gasteiger charge is 2.40. The Labute approximate surface area is 84.2 Å². The fraction of sp³-hybridized carbons (Fsp3) is 0.500. The number of aliphatic hydroxyl groups is 1. The molecule has 0 amide bonds. The summed E-state index contributed by atoms with van der Waals surface area (Å²) >= 11 is 0. The van der Waals surface area contributed by atoms with Crippen molar-refractivity contribution < 1.29 is 5.11 Å². The van der Waals surface area contributed by atoms with Gasteiger partial charge < -0.3 is 10.0 Å². The van der Waals surface area contributed by atoms with Crippen molar-refractivity contribution in [2.45, 2.75) is 24.8 Å². The van der Waals surface area contributed by atoms with Gasteiger partial charge in [-0.2, -0.15) is 0 Å². The van der Waals surface area contributed by atoms with Crippen molar-refractivity contribution in [1.29, 1.82) is 0 Å². The van der Waals surface area contributed by atoms with Crippen molar-refractivity contribution in [2.24, 2.45) is 0 Å². The summed E-state index contributed by atoms with van der Waals surface area (Å²) in [6.07, 6.45) is 2.51. The predicted molar refractivity (Wildman–Crippen MR) is 56.6 cm³/mol. The van der Waals surface area contributed by atoms with Crippen LogP contribution in [0.4, 0.5) is 5.69 Å². The van der Waals surface area contributed by atoms with Gasteiger partial charge in [0.2, 0.25) is 0 Å². The summed E-state index contributed by atoms with van der Waals surface area (Å²) in [4.78, 5) is 2.47. The normalized spacial score (nSPS) is 29.1. The highest BCUT2D eigenvalue weighted by molar-refractivity contribution is 5.62. The number of nitrogens with zero attached hydrogens (tertiary/aromatic N) is 1. The molecule has 2 aliphatic heterocycles. The van der Waals surface area contributed by atoms with Gasteiger partial charge in [0.05, 0.1) is 6.61 Å². The molecule has 2 heterocycles. The summed E-state index contributed by atoms with van der Waals surface area (Å²) < 4.78 is 0. The van der Waals surface area contributed by atoms with Crippen molar-refractivity contribution in [3.63, 3.8) is 0 Å². The van der Waals surface area contributed by atoms with Crippen LogP contribution in [-0.4, -0.2) is 24.3 Å². The van der Waals surface area contributed by atoms with E-state index in [-0.39, 0.29) is 6.61 Å². The van der Waals surface area contributed by atoms with E-state index in [4.69, 9.17) is 0 Å². The van der Waals surface area contributed by atoms with Crippen LogP contribution in [0.15, 0.2) is 24.3 Å². The Kier molecular flexibility index (Phi) is 1.77. The number of fused-ring (bicyclic) bond motifs is 3. The maximum absolute atomic E-state index is 9.43. The summed E-state index contributed by atoms with van der Waals surface area (Å²) in [5.41, 5.74) is 2.70. The zero-order valence-corrected chi connectivity index (χ0v) is 8.19. The molecule has 0 saturated carbocycles. The molecular weight excluding hydrogens is 174 g/mol. The number of rotatable bonds is 1. The molecule has 74 valence electrons. The lowest BCUT2D eigenvalue weighted by molar-refractivity contribution is 0.254. The molecule has 0 aliphatic carbocycles. The van der Waals surface area contributed by atoms with Crippen LogP contribution < -0.4 is 4.90 Å². The maximum Gasteiger partial charge on any atom is 0.0520 e. The molecule has 1 N–H and O–H groups in total. The molecule has 1 aromatic rings. The van der Waals surface area contributed by atoms with Crippen LogP contribution in [-0.2, 0) is 0 Å². The highest BCUT2D eigenvalue weighted by Crippen LogP contribution is 2.44. The van der Waals surface area contributed by atoms with Crippen LogP contribution in [0.5, 0.6) is 0 Å². The van der Waals surface area contributed by atoms with E-state index in [2.05, 4.69) is 29.2 Å². The summed E-state index contributed by atoms with van der Waals surface area (Å²) in [6, 6.07) is 9.08. The van der Waals surface area contributed by atoms with Crippen LogP contribution in [0.1, 0.15) is 24.3 Å². The Balaban J connectivity index is 2.09. The summed E-state index contributed by atoms with van der Waals surface area (Å²) in [5.74, 6) is 0.355. The minimum Gasteiger partial charge on any atom is -0.396 e. The van der Waals surface area contributed by atoms with Gasteiger partial charge in [0.1, 0.15) is 0 Å². The largest absolute Gasteiger partial charge is 0.396 e. The first-order chi connectivity index (χ1) is 6.92. The molecule has 0 spiro atoms. The molecular formula is C12H15NO. The van der Waals surface area contributed by atoms with E-state index in [1.807, 2.05) is 0 Å². The van der Waals surface area contributed by atoms with Gasteiger partial charge >= 0.3 is 0 Å². The van der Waals surface area contributed by atoms with Crippen molar-refractivity contribution in [3.8, 4) is 0 Å². The zero-order valence-electron chi connectivity index (χ0n) is 8.19. The Morgan fingerprint density at radius 2 is 2.21 bits per heavy atom. The van der Waals surface area contributed by atoms with Gasteiger partial charge in [-0.3, -0.25) is 0 Å². The lowest BCUT2D eigenvalue weighted by Crippen LogP contribution is -2.28. The number of hydrogen-bond acceptors (Lipinski definition) is 2.